The van der Waals surface area contributed by atoms with Gasteiger partial charge in [0.15, 0.2) is 0 Å². The van der Waals surface area contributed by atoms with Gasteiger partial charge in [0.1, 0.15) is 5.75 Å². The molecule has 0 spiro atoms. The van der Waals surface area contributed by atoms with Gasteiger partial charge in [0.05, 0.1) is 6.10 Å². The van der Waals surface area contributed by atoms with E-state index in [1.807, 2.05) is 11.3 Å². The zero-order valence-corrected chi connectivity index (χ0v) is 14.9. The molecule has 0 atom stereocenters. The summed E-state index contributed by atoms with van der Waals surface area (Å²) in [4.78, 5) is 3.91. The average molecular weight is 330 g/mol. The van der Waals surface area contributed by atoms with Gasteiger partial charge in [-0.1, -0.05) is 6.07 Å². The first kappa shape index (κ1) is 15.4. The maximum absolute atomic E-state index is 6.48. The number of benzene rings is 1. The lowest BCUT2D eigenvalue weighted by molar-refractivity contribution is 0.112. The third-order valence-electron chi connectivity index (χ3n) is 5.36. The minimum atomic E-state index is 0.379. The van der Waals surface area contributed by atoms with Gasteiger partial charge >= 0.3 is 0 Å². The number of thiophene rings is 1. The van der Waals surface area contributed by atoms with E-state index in [0.717, 1.165) is 31.3 Å². The number of hydrogen-bond acceptors (Lipinski definition) is 4. The van der Waals surface area contributed by atoms with Crippen LogP contribution in [0.15, 0.2) is 18.2 Å². The van der Waals surface area contributed by atoms with Crippen LogP contribution >= 0.6 is 11.3 Å². The summed E-state index contributed by atoms with van der Waals surface area (Å²) < 4.78 is 7.87. The smallest absolute Gasteiger partial charge is 0.128 e. The fraction of sp³-hybridized carbons (Fsp3) is 0.579. The predicted molar refractivity (Wildman–Crippen MR) is 97.6 cm³/mol. The molecule has 23 heavy (non-hydrogen) atoms. The van der Waals surface area contributed by atoms with E-state index in [2.05, 4.69) is 42.5 Å². The molecule has 4 rings (SSSR count). The Kier molecular flexibility index (Phi) is 4.31. The molecule has 0 radical (unpaired) electrons. The molecule has 0 saturated heterocycles. The minimum Gasteiger partial charge on any atom is -0.490 e. The van der Waals surface area contributed by atoms with E-state index < -0.39 is 0 Å². The first-order chi connectivity index (χ1) is 11.2. The van der Waals surface area contributed by atoms with E-state index in [0.29, 0.717) is 6.10 Å². The topological polar surface area (TPSA) is 24.5 Å². The molecule has 1 fully saturated rings. The van der Waals surface area contributed by atoms with E-state index in [9.17, 15) is 0 Å². The number of ether oxygens (including phenoxy) is 1. The summed E-state index contributed by atoms with van der Waals surface area (Å²) in [6.45, 7) is 2.09. The maximum Gasteiger partial charge on any atom is 0.128 e. The van der Waals surface area contributed by atoms with Crippen molar-refractivity contribution in [3.8, 4) is 5.75 Å². The van der Waals surface area contributed by atoms with Crippen molar-refractivity contribution in [3.05, 3.63) is 28.6 Å². The van der Waals surface area contributed by atoms with Crippen molar-refractivity contribution < 1.29 is 4.74 Å². The molecular formula is C19H26N2OS. The van der Waals surface area contributed by atoms with E-state index in [1.165, 1.54) is 41.3 Å². The zero-order valence-electron chi connectivity index (χ0n) is 14.1. The largest absolute Gasteiger partial charge is 0.490 e. The minimum absolute atomic E-state index is 0.379. The van der Waals surface area contributed by atoms with Gasteiger partial charge < -0.3 is 15.0 Å². The molecule has 0 unspecified atom stereocenters. The van der Waals surface area contributed by atoms with E-state index in [4.69, 9.17) is 4.74 Å². The third kappa shape index (κ3) is 3.00. The summed E-state index contributed by atoms with van der Waals surface area (Å²) >= 11 is 1.95. The van der Waals surface area contributed by atoms with Crippen LogP contribution in [0.25, 0.3) is 10.1 Å². The Labute approximate surface area is 142 Å². The Balaban J connectivity index is 1.56. The fourth-order valence-corrected chi connectivity index (χ4v) is 5.23. The van der Waals surface area contributed by atoms with Crippen LogP contribution in [0.5, 0.6) is 5.75 Å². The maximum atomic E-state index is 6.48. The summed E-state index contributed by atoms with van der Waals surface area (Å²) in [6.07, 6.45) is 6.37. The quantitative estimate of drug-likeness (QED) is 0.926. The Morgan fingerprint density at radius 1 is 1.17 bits per heavy atom. The third-order valence-corrected chi connectivity index (χ3v) is 6.61. The molecule has 1 saturated carbocycles. The van der Waals surface area contributed by atoms with Gasteiger partial charge in [0.2, 0.25) is 0 Å². The molecule has 124 valence electrons. The van der Waals surface area contributed by atoms with Gasteiger partial charge in [0.25, 0.3) is 0 Å². The summed E-state index contributed by atoms with van der Waals surface area (Å²) in [5.41, 5.74) is 1.48. The molecule has 2 heterocycles. The molecule has 1 aromatic heterocycles. The van der Waals surface area contributed by atoms with Crippen LogP contribution in [0.4, 0.5) is 0 Å². The molecule has 3 nitrogen and oxygen atoms in total. The lowest BCUT2D eigenvalue weighted by Crippen LogP contribution is -2.35. The van der Waals surface area contributed by atoms with Crippen LogP contribution < -0.4 is 10.1 Å². The van der Waals surface area contributed by atoms with Crippen LogP contribution in [0.2, 0.25) is 0 Å². The normalized spacial score (nSPS) is 24.8. The fourth-order valence-electron chi connectivity index (χ4n) is 3.99. The second-order valence-electron chi connectivity index (χ2n) is 7.07. The number of fused-ring (bicyclic) bond motifs is 3. The van der Waals surface area contributed by atoms with Gasteiger partial charge in [-0.3, -0.25) is 0 Å². The summed E-state index contributed by atoms with van der Waals surface area (Å²) in [5.74, 6) is 1.11. The Hall–Kier alpha value is -1.10. The van der Waals surface area contributed by atoms with Gasteiger partial charge in [-0.2, -0.15) is 0 Å². The Morgan fingerprint density at radius 3 is 2.78 bits per heavy atom. The van der Waals surface area contributed by atoms with Crippen LogP contribution in [0.3, 0.4) is 0 Å². The predicted octanol–water partition coefficient (Wildman–Crippen LogP) is 3.80. The molecule has 0 amide bonds. The van der Waals surface area contributed by atoms with E-state index in [1.54, 1.807) is 4.88 Å². The van der Waals surface area contributed by atoms with E-state index >= 15 is 0 Å². The molecule has 1 aliphatic carbocycles. The van der Waals surface area contributed by atoms with Crippen molar-refractivity contribution in [1.29, 1.82) is 0 Å². The van der Waals surface area contributed by atoms with Crippen LogP contribution in [0, 0.1) is 0 Å². The number of nitrogens with one attached hydrogen (secondary N) is 1. The lowest BCUT2D eigenvalue weighted by Gasteiger charge is -2.33. The highest BCUT2D eigenvalue weighted by Crippen LogP contribution is 2.40. The van der Waals surface area contributed by atoms with Crippen molar-refractivity contribution in [1.82, 2.24) is 10.2 Å². The Morgan fingerprint density at radius 2 is 2.00 bits per heavy atom. The molecule has 4 heteroatoms. The molecule has 2 aromatic rings. The second kappa shape index (κ2) is 6.42. The highest BCUT2D eigenvalue weighted by atomic mass is 32.1. The van der Waals surface area contributed by atoms with Gasteiger partial charge in [0, 0.05) is 34.1 Å². The summed E-state index contributed by atoms with van der Waals surface area (Å²) in [6, 6.07) is 7.29. The zero-order chi connectivity index (χ0) is 15.8. The van der Waals surface area contributed by atoms with Gasteiger partial charge in [-0.15, -0.1) is 11.3 Å². The standard InChI is InChI=1S/C19H26N2OS/c1-21(2)13-6-8-14(9-7-13)22-16-4-3-5-18-19(16)15-12-20-11-10-17(15)23-18/h3-5,13-14,20H,6-12H2,1-2H3. The molecule has 1 aliphatic heterocycles. The SMILES string of the molecule is CN(C)C1CCC(Oc2cccc3sc4c(c23)CNCC4)CC1. The summed E-state index contributed by atoms with van der Waals surface area (Å²) in [7, 11) is 4.38. The van der Waals surface area contributed by atoms with Crippen molar-refractivity contribution in [2.24, 2.45) is 0 Å². The number of hydrogen-bond donors (Lipinski definition) is 1. The highest BCUT2D eigenvalue weighted by Gasteiger charge is 2.25. The average Bonchev–Trinajstić information content (AvgIpc) is 2.95. The van der Waals surface area contributed by atoms with Crippen molar-refractivity contribution in [2.45, 2.75) is 50.8 Å². The molecule has 1 N–H and O–H groups in total. The van der Waals surface area contributed by atoms with Crippen molar-refractivity contribution >= 4 is 21.4 Å². The molecule has 1 aromatic carbocycles. The van der Waals surface area contributed by atoms with Crippen LogP contribution in [-0.4, -0.2) is 37.7 Å². The Bertz CT molecular complexity index is 686. The summed E-state index contributed by atoms with van der Waals surface area (Å²) in [5, 5.41) is 4.88. The molecular weight excluding hydrogens is 304 g/mol. The highest BCUT2D eigenvalue weighted by molar-refractivity contribution is 7.19. The van der Waals surface area contributed by atoms with Crippen LogP contribution in [-0.2, 0) is 13.0 Å². The van der Waals surface area contributed by atoms with Crippen molar-refractivity contribution in [3.63, 3.8) is 0 Å². The van der Waals surface area contributed by atoms with Crippen LogP contribution in [0.1, 0.15) is 36.1 Å². The monoisotopic (exact) mass is 330 g/mol. The number of nitrogens with zero attached hydrogens (tertiary/aromatic N) is 1. The second-order valence-corrected chi connectivity index (χ2v) is 8.21. The first-order valence-corrected chi connectivity index (χ1v) is 9.61. The van der Waals surface area contributed by atoms with Gasteiger partial charge in [-0.25, -0.2) is 0 Å². The van der Waals surface area contributed by atoms with Gasteiger partial charge in [-0.05, 0) is 63.9 Å². The van der Waals surface area contributed by atoms with Crippen molar-refractivity contribution in [2.75, 3.05) is 20.6 Å². The van der Waals surface area contributed by atoms with E-state index in [-0.39, 0.29) is 0 Å². The molecule has 0 bridgehead atoms. The first-order valence-electron chi connectivity index (χ1n) is 8.79. The number of rotatable bonds is 3. The molecule has 2 aliphatic rings. The lowest BCUT2D eigenvalue weighted by atomic mass is 9.92.